The molecule has 0 bridgehead atoms. The average Bonchev–Trinajstić information content (AvgIpc) is 3.09. The Kier molecular flexibility index (Phi) is 5.64. The van der Waals surface area contributed by atoms with Gasteiger partial charge in [0.25, 0.3) is 0 Å². The highest BCUT2D eigenvalue weighted by Crippen LogP contribution is 2.33. The third kappa shape index (κ3) is 3.79. The van der Waals surface area contributed by atoms with Crippen molar-refractivity contribution in [3.63, 3.8) is 0 Å². The van der Waals surface area contributed by atoms with Crippen LogP contribution in [0.4, 0.5) is 0 Å². The smallest absolute Gasteiger partial charge is 0.227 e. The van der Waals surface area contributed by atoms with E-state index in [-0.39, 0.29) is 15.3 Å². The SMILES string of the molecule is COc1cc(-n2nnc(S(=O)(=O)c3ccc(C(C)(C)C)cc3)c2C)c(OC)cc1C. The zero-order valence-corrected chi connectivity index (χ0v) is 19.2. The van der Waals surface area contributed by atoms with Gasteiger partial charge in [0.15, 0.2) is 0 Å². The van der Waals surface area contributed by atoms with Crippen LogP contribution in [0.2, 0.25) is 0 Å². The largest absolute Gasteiger partial charge is 0.496 e. The van der Waals surface area contributed by atoms with Crippen molar-refractivity contribution in [3.05, 3.63) is 53.2 Å². The molecular formula is C22H27N3O4S. The Hall–Kier alpha value is -2.87. The molecule has 0 atom stereocenters. The second kappa shape index (κ2) is 7.75. The number of hydrogen-bond donors (Lipinski definition) is 0. The van der Waals surface area contributed by atoms with E-state index in [2.05, 4.69) is 31.1 Å². The molecule has 160 valence electrons. The number of ether oxygens (including phenoxy) is 2. The molecule has 3 aromatic rings. The minimum atomic E-state index is -3.83. The molecule has 0 aliphatic heterocycles. The first-order valence-electron chi connectivity index (χ1n) is 9.51. The highest BCUT2D eigenvalue weighted by molar-refractivity contribution is 7.91. The number of benzene rings is 2. The minimum absolute atomic E-state index is 0.0671. The van der Waals surface area contributed by atoms with Gasteiger partial charge in [0.05, 0.1) is 24.8 Å². The van der Waals surface area contributed by atoms with Crippen LogP contribution in [0.5, 0.6) is 11.5 Å². The van der Waals surface area contributed by atoms with Gasteiger partial charge in [0.1, 0.15) is 17.2 Å². The molecule has 1 aromatic heterocycles. The molecule has 0 aliphatic carbocycles. The molecule has 0 saturated heterocycles. The van der Waals surface area contributed by atoms with Crippen molar-refractivity contribution in [1.82, 2.24) is 15.0 Å². The topological polar surface area (TPSA) is 83.3 Å². The van der Waals surface area contributed by atoms with Gasteiger partial charge in [0, 0.05) is 6.07 Å². The third-order valence-corrected chi connectivity index (χ3v) is 6.84. The lowest BCUT2D eigenvalue weighted by Crippen LogP contribution is -2.12. The lowest BCUT2D eigenvalue weighted by molar-refractivity contribution is 0.397. The van der Waals surface area contributed by atoms with Crippen molar-refractivity contribution in [3.8, 4) is 17.2 Å². The second-order valence-corrected chi connectivity index (χ2v) is 10.0. The zero-order valence-electron chi connectivity index (χ0n) is 18.3. The fraction of sp³-hybridized carbons (Fsp3) is 0.364. The molecule has 30 heavy (non-hydrogen) atoms. The van der Waals surface area contributed by atoms with Crippen molar-refractivity contribution < 1.29 is 17.9 Å². The van der Waals surface area contributed by atoms with E-state index in [9.17, 15) is 8.42 Å². The van der Waals surface area contributed by atoms with E-state index in [1.54, 1.807) is 39.3 Å². The fourth-order valence-electron chi connectivity index (χ4n) is 3.24. The van der Waals surface area contributed by atoms with E-state index >= 15 is 0 Å². The van der Waals surface area contributed by atoms with Crippen molar-refractivity contribution in [2.75, 3.05) is 14.2 Å². The minimum Gasteiger partial charge on any atom is -0.496 e. The summed E-state index contributed by atoms with van der Waals surface area (Å²) in [6.45, 7) is 9.80. The molecule has 0 aliphatic rings. The molecule has 0 amide bonds. The van der Waals surface area contributed by atoms with Crippen molar-refractivity contribution in [2.45, 2.75) is 50.0 Å². The Bertz CT molecular complexity index is 1170. The van der Waals surface area contributed by atoms with Crippen LogP contribution in [0.1, 0.15) is 37.6 Å². The Balaban J connectivity index is 2.09. The standard InChI is InChI=1S/C22H27N3O4S/c1-14-12-20(29-7)18(13-19(14)28-6)25-15(2)21(23-24-25)30(26,27)17-10-8-16(9-11-17)22(3,4)5/h8-13H,1-7H3. The summed E-state index contributed by atoms with van der Waals surface area (Å²) < 4.78 is 38.8. The molecule has 0 unspecified atom stereocenters. The van der Waals surface area contributed by atoms with Crippen LogP contribution in [0.25, 0.3) is 5.69 Å². The molecule has 0 saturated carbocycles. The molecule has 1 heterocycles. The number of methoxy groups -OCH3 is 2. The Morgan fingerprint density at radius 1 is 0.933 bits per heavy atom. The van der Waals surface area contributed by atoms with Gasteiger partial charge in [-0.2, -0.15) is 0 Å². The van der Waals surface area contributed by atoms with Gasteiger partial charge in [-0.15, -0.1) is 5.10 Å². The Morgan fingerprint density at radius 2 is 1.53 bits per heavy atom. The van der Waals surface area contributed by atoms with Crippen LogP contribution in [-0.2, 0) is 15.3 Å². The van der Waals surface area contributed by atoms with E-state index in [1.807, 2.05) is 25.1 Å². The highest BCUT2D eigenvalue weighted by Gasteiger charge is 2.27. The molecule has 8 heteroatoms. The first-order valence-corrected chi connectivity index (χ1v) is 11.0. The van der Waals surface area contributed by atoms with E-state index in [0.29, 0.717) is 22.9 Å². The summed E-state index contributed by atoms with van der Waals surface area (Å²) in [4.78, 5) is 0.180. The summed E-state index contributed by atoms with van der Waals surface area (Å²) >= 11 is 0. The van der Waals surface area contributed by atoms with Crippen LogP contribution in [0, 0.1) is 13.8 Å². The summed E-state index contributed by atoms with van der Waals surface area (Å²) in [7, 11) is -0.709. The maximum absolute atomic E-state index is 13.2. The summed E-state index contributed by atoms with van der Waals surface area (Å²) in [5, 5.41) is 8.00. The number of rotatable bonds is 5. The van der Waals surface area contributed by atoms with Gasteiger partial charge in [-0.1, -0.05) is 38.1 Å². The van der Waals surface area contributed by atoms with Crippen LogP contribution < -0.4 is 9.47 Å². The van der Waals surface area contributed by atoms with Gasteiger partial charge >= 0.3 is 0 Å². The van der Waals surface area contributed by atoms with Gasteiger partial charge in [0.2, 0.25) is 14.9 Å². The van der Waals surface area contributed by atoms with E-state index < -0.39 is 9.84 Å². The number of aryl methyl sites for hydroxylation is 1. The molecular weight excluding hydrogens is 402 g/mol. The van der Waals surface area contributed by atoms with Crippen molar-refractivity contribution >= 4 is 9.84 Å². The van der Waals surface area contributed by atoms with Crippen LogP contribution in [-0.4, -0.2) is 37.6 Å². The van der Waals surface area contributed by atoms with E-state index in [4.69, 9.17) is 9.47 Å². The number of hydrogen-bond acceptors (Lipinski definition) is 6. The molecule has 0 spiro atoms. The summed E-state index contributed by atoms with van der Waals surface area (Å²) in [5.41, 5.74) is 2.82. The van der Waals surface area contributed by atoms with Gasteiger partial charge in [-0.05, 0) is 48.6 Å². The molecule has 2 aromatic carbocycles. The number of aromatic nitrogens is 3. The quantitative estimate of drug-likeness (QED) is 0.609. The number of nitrogens with zero attached hydrogens (tertiary/aromatic N) is 3. The van der Waals surface area contributed by atoms with Gasteiger partial charge < -0.3 is 9.47 Å². The van der Waals surface area contributed by atoms with Crippen LogP contribution in [0.3, 0.4) is 0 Å². The van der Waals surface area contributed by atoms with Crippen molar-refractivity contribution in [2.24, 2.45) is 0 Å². The van der Waals surface area contributed by atoms with E-state index in [0.717, 1.165) is 11.1 Å². The highest BCUT2D eigenvalue weighted by atomic mass is 32.2. The number of sulfone groups is 1. The monoisotopic (exact) mass is 429 g/mol. The van der Waals surface area contributed by atoms with Crippen LogP contribution in [0.15, 0.2) is 46.3 Å². The summed E-state index contributed by atoms with van der Waals surface area (Å²) in [6, 6.07) is 10.5. The predicted molar refractivity (Wildman–Crippen MR) is 115 cm³/mol. The molecule has 0 N–H and O–H groups in total. The first kappa shape index (κ1) is 21.8. The third-order valence-electron chi connectivity index (χ3n) is 5.06. The van der Waals surface area contributed by atoms with Crippen LogP contribution >= 0.6 is 0 Å². The zero-order chi connectivity index (χ0) is 22.3. The van der Waals surface area contributed by atoms with Gasteiger partial charge in [-0.3, -0.25) is 0 Å². The molecule has 3 rings (SSSR count). The lowest BCUT2D eigenvalue weighted by atomic mass is 9.87. The molecule has 0 radical (unpaired) electrons. The van der Waals surface area contributed by atoms with Crippen molar-refractivity contribution in [1.29, 1.82) is 0 Å². The predicted octanol–water partition coefficient (Wildman–Crippen LogP) is 4.03. The maximum atomic E-state index is 13.2. The van der Waals surface area contributed by atoms with E-state index in [1.165, 1.54) is 4.68 Å². The molecule has 7 nitrogen and oxygen atoms in total. The maximum Gasteiger partial charge on any atom is 0.227 e. The molecule has 0 fully saturated rings. The fourth-order valence-corrected chi connectivity index (χ4v) is 4.57. The Morgan fingerprint density at radius 3 is 2.07 bits per heavy atom. The summed E-state index contributed by atoms with van der Waals surface area (Å²) in [5.74, 6) is 1.18. The first-order chi connectivity index (χ1) is 14.0. The normalized spacial score (nSPS) is 12.1. The average molecular weight is 430 g/mol. The Labute approximate surface area is 177 Å². The van der Waals surface area contributed by atoms with Gasteiger partial charge in [-0.25, -0.2) is 13.1 Å². The second-order valence-electron chi connectivity index (χ2n) is 8.16. The lowest BCUT2D eigenvalue weighted by Gasteiger charge is -2.19. The summed E-state index contributed by atoms with van der Waals surface area (Å²) in [6.07, 6.45) is 0.